The van der Waals surface area contributed by atoms with Crippen molar-refractivity contribution in [3.8, 4) is 12.3 Å². The third kappa shape index (κ3) is 4.14. The highest BCUT2D eigenvalue weighted by atomic mass is 16.4. The first-order chi connectivity index (χ1) is 8.99. The number of terminal acetylenes is 1. The Labute approximate surface area is 114 Å². The monoisotopic (exact) mass is 267 g/mol. The second kappa shape index (κ2) is 7.00. The predicted octanol–water partition coefficient (Wildman–Crippen LogP) is 0.152. The van der Waals surface area contributed by atoms with E-state index in [-0.39, 0.29) is 19.1 Å². The van der Waals surface area contributed by atoms with E-state index in [1.807, 2.05) is 7.05 Å². The van der Waals surface area contributed by atoms with Crippen molar-refractivity contribution in [3.05, 3.63) is 0 Å². The van der Waals surface area contributed by atoms with E-state index in [4.69, 9.17) is 11.5 Å². The molecule has 106 valence electrons. The van der Waals surface area contributed by atoms with Gasteiger partial charge in [-0.15, -0.1) is 6.42 Å². The second-order valence-corrected chi connectivity index (χ2v) is 4.73. The minimum absolute atomic E-state index is 0.0221. The number of carboxylic acid groups (broad SMARTS) is 1. The van der Waals surface area contributed by atoms with Crippen LogP contribution in [-0.2, 0) is 4.79 Å². The number of urea groups is 1. The molecule has 1 heterocycles. The minimum Gasteiger partial charge on any atom is -0.480 e. The fourth-order valence-corrected chi connectivity index (χ4v) is 2.23. The summed E-state index contributed by atoms with van der Waals surface area (Å²) in [6.45, 7) is 3.76. The van der Waals surface area contributed by atoms with E-state index in [0.717, 1.165) is 13.0 Å². The van der Waals surface area contributed by atoms with Gasteiger partial charge in [-0.05, 0) is 13.5 Å². The molecule has 1 atom stereocenters. The van der Waals surface area contributed by atoms with Crippen molar-refractivity contribution in [1.29, 1.82) is 0 Å². The molecule has 0 aromatic carbocycles. The van der Waals surface area contributed by atoms with E-state index >= 15 is 0 Å². The van der Waals surface area contributed by atoms with Crippen LogP contribution in [0.1, 0.15) is 13.3 Å². The van der Waals surface area contributed by atoms with Crippen LogP contribution in [0.4, 0.5) is 4.79 Å². The van der Waals surface area contributed by atoms with Crippen molar-refractivity contribution >= 4 is 12.0 Å². The Morgan fingerprint density at radius 3 is 2.68 bits per heavy atom. The van der Waals surface area contributed by atoms with E-state index in [9.17, 15) is 9.59 Å². The fraction of sp³-hybridized carbons (Fsp3) is 0.692. The maximum atomic E-state index is 12.3. The van der Waals surface area contributed by atoms with Crippen LogP contribution >= 0.6 is 0 Å². The lowest BCUT2D eigenvalue weighted by atomic mass is 10.1. The summed E-state index contributed by atoms with van der Waals surface area (Å²) in [6.07, 6.45) is 6.14. The average molecular weight is 267 g/mol. The van der Waals surface area contributed by atoms with E-state index in [0.29, 0.717) is 19.1 Å². The Balaban J connectivity index is 2.69. The Morgan fingerprint density at radius 1 is 1.47 bits per heavy atom. The van der Waals surface area contributed by atoms with Crippen molar-refractivity contribution in [2.45, 2.75) is 19.4 Å². The molecule has 1 N–H and O–H groups in total. The first kappa shape index (κ1) is 15.3. The number of hydrogen-bond acceptors (Lipinski definition) is 3. The zero-order valence-electron chi connectivity index (χ0n) is 11.5. The van der Waals surface area contributed by atoms with Gasteiger partial charge in [0.25, 0.3) is 0 Å². The van der Waals surface area contributed by atoms with Crippen molar-refractivity contribution in [2.75, 3.05) is 39.8 Å². The van der Waals surface area contributed by atoms with E-state index in [2.05, 4.69) is 17.7 Å². The topological polar surface area (TPSA) is 64.1 Å². The van der Waals surface area contributed by atoms with Crippen LogP contribution in [0, 0.1) is 12.3 Å². The van der Waals surface area contributed by atoms with Crippen LogP contribution < -0.4 is 0 Å². The number of carbonyl (C=O) groups excluding carboxylic acids is 1. The summed E-state index contributed by atoms with van der Waals surface area (Å²) in [7, 11) is 2.03. The molecular weight excluding hydrogens is 246 g/mol. The van der Waals surface area contributed by atoms with Crippen LogP contribution in [0.25, 0.3) is 0 Å². The first-order valence-corrected chi connectivity index (χ1v) is 6.39. The summed E-state index contributed by atoms with van der Waals surface area (Å²) >= 11 is 0. The number of nitrogens with zero attached hydrogens (tertiary/aromatic N) is 3. The van der Waals surface area contributed by atoms with E-state index in [1.165, 1.54) is 4.90 Å². The third-order valence-electron chi connectivity index (χ3n) is 3.40. The number of likely N-dealkylation sites (N-methyl/N-ethyl adjacent to an activating group) is 1. The highest BCUT2D eigenvalue weighted by molar-refractivity contribution is 5.80. The normalized spacial score (nSPS) is 19.8. The zero-order valence-corrected chi connectivity index (χ0v) is 11.5. The van der Waals surface area contributed by atoms with Gasteiger partial charge < -0.3 is 14.9 Å². The van der Waals surface area contributed by atoms with Gasteiger partial charge in [-0.25, -0.2) is 4.79 Å². The van der Waals surface area contributed by atoms with Gasteiger partial charge in [0.2, 0.25) is 0 Å². The Kier molecular flexibility index (Phi) is 5.64. The van der Waals surface area contributed by atoms with Crippen molar-refractivity contribution < 1.29 is 14.7 Å². The van der Waals surface area contributed by atoms with Gasteiger partial charge in [0, 0.05) is 25.7 Å². The standard InChI is InChI=1S/C13H21N3O3/c1-4-6-15(10-12(17)18)13(19)16-8-7-14(3)11(5-2)9-16/h1,11H,5-10H2,2-3H3,(H,17,18). The Hall–Kier alpha value is -1.74. The van der Waals surface area contributed by atoms with Gasteiger partial charge in [-0.1, -0.05) is 12.8 Å². The lowest BCUT2D eigenvalue weighted by Crippen LogP contribution is -2.56. The summed E-state index contributed by atoms with van der Waals surface area (Å²) < 4.78 is 0. The summed E-state index contributed by atoms with van der Waals surface area (Å²) in [5.41, 5.74) is 0. The summed E-state index contributed by atoms with van der Waals surface area (Å²) in [6, 6.07) is 0.0297. The molecule has 6 heteroatoms. The number of rotatable bonds is 4. The minimum atomic E-state index is -1.05. The molecule has 1 fully saturated rings. The molecule has 1 unspecified atom stereocenters. The largest absolute Gasteiger partial charge is 0.480 e. The van der Waals surface area contributed by atoms with Crippen molar-refractivity contribution in [3.63, 3.8) is 0 Å². The van der Waals surface area contributed by atoms with Gasteiger partial charge in [0.1, 0.15) is 6.54 Å². The number of piperazine rings is 1. The molecule has 0 spiro atoms. The third-order valence-corrected chi connectivity index (χ3v) is 3.40. The van der Waals surface area contributed by atoms with Crippen LogP contribution in [0.2, 0.25) is 0 Å². The van der Waals surface area contributed by atoms with Crippen molar-refractivity contribution in [2.24, 2.45) is 0 Å². The SMILES string of the molecule is C#CCN(CC(=O)O)C(=O)N1CCN(C)C(CC)C1. The van der Waals surface area contributed by atoms with E-state index in [1.54, 1.807) is 4.90 Å². The van der Waals surface area contributed by atoms with Crippen LogP contribution in [0.5, 0.6) is 0 Å². The average Bonchev–Trinajstić information content (AvgIpc) is 2.37. The summed E-state index contributed by atoms with van der Waals surface area (Å²) in [5.74, 6) is 1.28. The second-order valence-electron chi connectivity index (χ2n) is 4.73. The van der Waals surface area contributed by atoms with Crippen molar-refractivity contribution in [1.82, 2.24) is 14.7 Å². The highest BCUT2D eigenvalue weighted by Crippen LogP contribution is 2.12. The molecule has 2 amide bonds. The van der Waals surface area contributed by atoms with Gasteiger partial charge >= 0.3 is 12.0 Å². The molecule has 0 aliphatic carbocycles. The van der Waals surface area contributed by atoms with Gasteiger partial charge in [0.05, 0.1) is 6.54 Å². The van der Waals surface area contributed by atoms with Gasteiger partial charge in [0.15, 0.2) is 0 Å². The molecule has 0 bridgehead atoms. The van der Waals surface area contributed by atoms with Crippen LogP contribution in [-0.4, -0.2) is 77.6 Å². The Morgan fingerprint density at radius 2 is 2.16 bits per heavy atom. The van der Waals surface area contributed by atoms with Gasteiger partial charge in [-0.3, -0.25) is 9.69 Å². The number of hydrogen-bond donors (Lipinski definition) is 1. The smallest absolute Gasteiger partial charge is 0.323 e. The molecule has 1 rings (SSSR count). The molecule has 1 aliphatic rings. The highest BCUT2D eigenvalue weighted by Gasteiger charge is 2.29. The predicted molar refractivity (Wildman–Crippen MR) is 71.7 cm³/mol. The van der Waals surface area contributed by atoms with Gasteiger partial charge in [-0.2, -0.15) is 0 Å². The molecule has 1 saturated heterocycles. The van der Waals surface area contributed by atoms with Crippen LogP contribution in [0.3, 0.4) is 0 Å². The molecule has 0 radical (unpaired) electrons. The molecule has 0 aromatic heterocycles. The van der Waals surface area contributed by atoms with E-state index < -0.39 is 5.97 Å². The first-order valence-electron chi connectivity index (χ1n) is 6.39. The quantitative estimate of drug-likeness (QED) is 0.737. The summed E-state index contributed by atoms with van der Waals surface area (Å²) in [4.78, 5) is 28.1. The van der Waals surface area contributed by atoms with Crippen LogP contribution in [0.15, 0.2) is 0 Å². The molecule has 0 saturated carbocycles. The molecule has 6 nitrogen and oxygen atoms in total. The number of carboxylic acids is 1. The zero-order chi connectivity index (χ0) is 14.4. The number of carbonyl (C=O) groups is 2. The molecule has 19 heavy (non-hydrogen) atoms. The Bertz CT molecular complexity index is 378. The number of aliphatic carboxylic acids is 1. The molecule has 0 aromatic rings. The number of amides is 2. The molecule has 1 aliphatic heterocycles. The maximum absolute atomic E-state index is 12.3. The lowest BCUT2D eigenvalue weighted by Gasteiger charge is -2.40. The fourth-order valence-electron chi connectivity index (χ4n) is 2.23. The maximum Gasteiger partial charge on any atom is 0.323 e. The summed E-state index contributed by atoms with van der Waals surface area (Å²) in [5, 5.41) is 8.81. The lowest BCUT2D eigenvalue weighted by molar-refractivity contribution is -0.137. The molecular formula is C13H21N3O3.